The molecule has 0 saturated heterocycles. The molecule has 0 radical (unpaired) electrons. The minimum absolute atomic E-state index is 0.0619. The molecule has 1 saturated carbocycles. The molecular weight excluding hydrogens is 376 g/mol. The standard InChI is InChI=1S/C24H34N4O2/c1-19(29)28(23-15-11-12-21(26)16-23)18-20(17-25)24(30)27-22-13-9-7-5-3-2-4-6-8-10-14-22/h11-12,15-16,18,22H,2-10,13-14,26H2,1H3,(H,27,30)/b20-18-. The smallest absolute Gasteiger partial charge is 0.263 e. The number of benzene rings is 1. The summed E-state index contributed by atoms with van der Waals surface area (Å²) in [4.78, 5) is 26.2. The Hall–Kier alpha value is -2.81. The monoisotopic (exact) mass is 410 g/mol. The van der Waals surface area contributed by atoms with Gasteiger partial charge in [0.15, 0.2) is 0 Å². The van der Waals surface area contributed by atoms with Crippen LogP contribution in [0, 0.1) is 11.3 Å². The Morgan fingerprint density at radius 2 is 1.63 bits per heavy atom. The number of carbonyl (C=O) groups is 2. The summed E-state index contributed by atoms with van der Waals surface area (Å²) in [5.74, 6) is -0.725. The Morgan fingerprint density at radius 1 is 1.07 bits per heavy atom. The Morgan fingerprint density at radius 3 is 2.13 bits per heavy atom. The van der Waals surface area contributed by atoms with Gasteiger partial charge in [0.2, 0.25) is 5.91 Å². The van der Waals surface area contributed by atoms with Gasteiger partial charge in [-0.1, -0.05) is 63.9 Å². The van der Waals surface area contributed by atoms with Gasteiger partial charge in [0, 0.05) is 24.9 Å². The first-order valence-electron chi connectivity index (χ1n) is 11.1. The van der Waals surface area contributed by atoms with Crippen molar-refractivity contribution in [1.82, 2.24) is 5.32 Å². The molecule has 30 heavy (non-hydrogen) atoms. The summed E-state index contributed by atoms with van der Waals surface area (Å²) in [7, 11) is 0. The molecule has 6 nitrogen and oxygen atoms in total. The van der Waals surface area contributed by atoms with Crippen LogP contribution in [-0.2, 0) is 9.59 Å². The summed E-state index contributed by atoms with van der Waals surface area (Å²) in [6.07, 6.45) is 14.1. The Kier molecular flexibility index (Phi) is 9.93. The number of anilines is 2. The van der Waals surface area contributed by atoms with Gasteiger partial charge in [-0.15, -0.1) is 0 Å². The minimum Gasteiger partial charge on any atom is -0.399 e. The van der Waals surface area contributed by atoms with Crippen LogP contribution in [0.2, 0.25) is 0 Å². The molecule has 0 heterocycles. The summed E-state index contributed by atoms with van der Waals surface area (Å²) >= 11 is 0. The number of amides is 2. The predicted octanol–water partition coefficient (Wildman–Crippen LogP) is 4.82. The number of nitrogens with zero attached hydrogens (tertiary/aromatic N) is 2. The molecule has 162 valence electrons. The topological polar surface area (TPSA) is 99.2 Å². The van der Waals surface area contributed by atoms with E-state index < -0.39 is 5.91 Å². The molecule has 1 aliphatic rings. The average Bonchev–Trinajstić information content (AvgIpc) is 2.70. The molecule has 6 heteroatoms. The first-order valence-corrected chi connectivity index (χ1v) is 11.1. The molecule has 0 aromatic heterocycles. The van der Waals surface area contributed by atoms with Gasteiger partial charge in [0.05, 0.1) is 5.69 Å². The largest absolute Gasteiger partial charge is 0.399 e. The van der Waals surface area contributed by atoms with Crippen LogP contribution >= 0.6 is 0 Å². The zero-order valence-corrected chi connectivity index (χ0v) is 18.0. The molecule has 0 aliphatic heterocycles. The molecule has 1 aliphatic carbocycles. The summed E-state index contributed by atoms with van der Waals surface area (Å²) in [5.41, 5.74) is 6.75. The van der Waals surface area contributed by atoms with Crippen molar-refractivity contribution in [3.05, 3.63) is 36.0 Å². The molecule has 1 aromatic carbocycles. The normalized spacial score (nSPS) is 17.1. The molecule has 2 rings (SSSR count). The van der Waals surface area contributed by atoms with Crippen molar-refractivity contribution in [2.75, 3.05) is 10.6 Å². The van der Waals surface area contributed by atoms with E-state index in [1.165, 1.54) is 63.0 Å². The molecule has 1 fully saturated rings. The number of nitriles is 1. The van der Waals surface area contributed by atoms with E-state index in [0.29, 0.717) is 11.4 Å². The van der Waals surface area contributed by atoms with Crippen molar-refractivity contribution >= 4 is 23.2 Å². The molecule has 2 amide bonds. The molecular formula is C24H34N4O2. The zero-order valence-electron chi connectivity index (χ0n) is 18.0. The Bertz CT molecular complexity index is 770. The van der Waals surface area contributed by atoms with E-state index in [2.05, 4.69) is 5.32 Å². The molecule has 1 aromatic rings. The molecule has 3 N–H and O–H groups in total. The van der Waals surface area contributed by atoms with Crippen molar-refractivity contribution in [3.8, 4) is 6.07 Å². The summed E-state index contributed by atoms with van der Waals surface area (Å²) in [6, 6.07) is 8.81. The second-order valence-electron chi connectivity index (χ2n) is 8.07. The summed E-state index contributed by atoms with van der Waals surface area (Å²) < 4.78 is 0. The molecule has 0 bridgehead atoms. The average molecular weight is 411 g/mol. The lowest BCUT2D eigenvalue weighted by Crippen LogP contribution is -2.36. The predicted molar refractivity (Wildman–Crippen MR) is 120 cm³/mol. The van der Waals surface area contributed by atoms with Crippen LogP contribution in [0.3, 0.4) is 0 Å². The fraction of sp³-hybridized carbons (Fsp3) is 0.542. The highest BCUT2D eigenvalue weighted by atomic mass is 16.2. The number of nitrogen functional groups attached to an aromatic ring is 1. The third-order valence-corrected chi connectivity index (χ3v) is 5.55. The van der Waals surface area contributed by atoms with E-state index in [1.54, 1.807) is 24.3 Å². The first kappa shape index (κ1) is 23.5. The number of carbonyl (C=O) groups excluding carboxylic acids is 2. The van der Waals surface area contributed by atoms with Gasteiger partial charge >= 0.3 is 0 Å². The van der Waals surface area contributed by atoms with Gasteiger partial charge in [-0.05, 0) is 31.0 Å². The fourth-order valence-corrected chi connectivity index (χ4v) is 3.86. The highest BCUT2D eigenvalue weighted by Crippen LogP contribution is 2.20. The quantitative estimate of drug-likeness (QED) is 0.422. The van der Waals surface area contributed by atoms with Crippen molar-refractivity contribution < 1.29 is 9.59 Å². The van der Waals surface area contributed by atoms with Crippen LogP contribution < -0.4 is 16.0 Å². The molecule has 0 atom stereocenters. The zero-order chi connectivity index (χ0) is 21.8. The van der Waals surface area contributed by atoms with Crippen molar-refractivity contribution in [1.29, 1.82) is 5.26 Å². The third kappa shape index (κ3) is 7.90. The van der Waals surface area contributed by atoms with Crippen molar-refractivity contribution in [3.63, 3.8) is 0 Å². The van der Waals surface area contributed by atoms with Gasteiger partial charge in [-0.3, -0.25) is 14.5 Å². The van der Waals surface area contributed by atoms with Crippen molar-refractivity contribution in [2.24, 2.45) is 0 Å². The maximum absolute atomic E-state index is 12.8. The second-order valence-corrected chi connectivity index (χ2v) is 8.07. The fourth-order valence-electron chi connectivity index (χ4n) is 3.86. The van der Waals surface area contributed by atoms with Crippen LogP contribution in [0.5, 0.6) is 0 Å². The van der Waals surface area contributed by atoms with Gasteiger partial charge in [0.1, 0.15) is 11.6 Å². The SMILES string of the molecule is CC(=O)N(/C=C(/C#N)C(=O)NC1CCCCCCCCCCC1)c1cccc(N)c1. The van der Waals surface area contributed by atoms with E-state index >= 15 is 0 Å². The maximum atomic E-state index is 12.8. The number of nitrogens with one attached hydrogen (secondary N) is 1. The van der Waals surface area contributed by atoms with Gasteiger partial charge in [0.25, 0.3) is 5.91 Å². The van der Waals surface area contributed by atoms with Gasteiger partial charge in [-0.2, -0.15) is 5.26 Å². The van der Waals surface area contributed by atoms with Gasteiger partial charge in [-0.25, -0.2) is 0 Å². The lowest BCUT2D eigenvalue weighted by Gasteiger charge is -2.21. The van der Waals surface area contributed by atoms with Crippen molar-refractivity contribution in [2.45, 2.75) is 83.6 Å². The highest BCUT2D eigenvalue weighted by molar-refractivity contribution is 6.01. The lowest BCUT2D eigenvalue weighted by atomic mass is 9.97. The highest BCUT2D eigenvalue weighted by Gasteiger charge is 2.19. The Labute approximate surface area is 180 Å². The van der Waals surface area contributed by atoms with Crippen LogP contribution in [0.4, 0.5) is 11.4 Å². The Balaban J connectivity index is 2.10. The van der Waals surface area contributed by atoms with Crippen LogP contribution in [0.25, 0.3) is 0 Å². The number of hydrogen-bond donors (Lipinski definition) is 2. The minimum atomic E-state index is -0.426. The molecule has 0 unspecified atom stereocenters. The maximum Gasteiger partial charge on any atom is 0.263 e. The number of rotatable bonds is 4. The summed E-state index contributed by atoms with van der Waals surface area (Å²) in [5, 5.41) is 12.6. The van der Waals surface area contributed by atoms with Gasteiger partial charge < -0.3 is 11.1 Å². The second kappa shape index (κ2) is 12.7. The number of hydrogen-bond acceptors (Lipinski definition) is 4. The van der Waals surface area contributed by atoms with Crippen LogP contribution in [0.1, 0.15) is 77.6 Å². The van der Waals surface area contributed by atoms with E-state index in [9.17, 15) is 14.9 Å². The number of nitrogens with two attached hydrogens (primary N) is 1. The van der Waals surface area contributed by atoms with Crippen LogP contribution in [0.15, 0.2) is 36.0 Å². The van der Waals surface area contributed by atoms with E-state index in [4.69, 9.17) is 5.73 Å². The van der Waals surface area contributed by atoms with E-state index in [1.807, 2.05) is 6.07 Å². The van der Waals surface area contributed by atoms with E-state index in [-0.39, 0.29) is 17.5 Å². The lowest BCUT2D eigenvalue weighted by molar-refractivity contribution is -0.117. The summed E-state index contributed by atoms with van der Waals surface area (Å²) in [6.45, 7) is 1.39. The first-order chi connectivity index (χ1) is 14.5. The van der Waals surface area contributed by atoms with Crippen LogP contribution in [-0.4, -0.2) is 17.9 Å². The molecule has 0 spiro atoms. The van der Waals surface area contributed by atoms with E-state index in [0.717, 1.165) is 25.7 Å². The third-order valence-electron chi connectivity index (χ3n) is 5.55.